The van der Waals surface area contributed by atoms with E-state index in [1.165, 1.54) is 30.4 Å². The van der Waals surface area contributed by atoms with Crippen molar-refractivity contribution in [2.24, 2.45) is 0 Å². The van der Waals surface area contributed by atoms with Gasteiger partial charge in [0.05, 0.1) is 0 Å². The molecule has 0 bridgehead atoms. The van der Waals surface area contributed by atoms with E-state index in [1.54, 1.807) is 6.20 Å². The number of carbonyl (C=O) groups excluding carboxylic acids is 1. The van der Waals surface area contributed by atoms with Crippen molar-refractivity contribution in [3.63, 3.8) is 0 Å². The van der Waals surface area contributed by atoms with Crippen LogP contribution in [0.5, 0.6) is 0 Å². The van der Waals surface area contributed by atoms with Crippen LogP contribution in [0.15, 0.2) is 30.5 Å². The Hall–Kier alpha value is -2.43. The number of benzene rings is 1. The van der Waals surface area contributed by atoms with E-state index in [1.807, 2.05) is 6.92 Å². The standard InChI is InChI=1S/C21H28N4O/c1-15-8-10-17(11-9-15)12-13-22-21(26)19-14-23-16(2)24-20(19)25-18-6-4-3-5-7-18/h8-11,14,18H,3-7,12-13H2,1-2H3,(H,22,26)(H,23,24,25). The average molecular weight is 352 g/mol. The zero-order valence-electron chi connectivity index (χ0n) is 15.7. The molecule has 138 valence electrons. The molecule has 1 aromatic carbocycles. The number of anilines is 1. The zero-order chi connectivity index (χ0) is 18.4. The number of hydrogen-bond donors (Lipinski definition) is 2. The fraction of sp³-hybridized carbons (Fsp3) is 0.476. The molecule has 1 aliphatic rings. The summed E-state index contributed by atoms with van der Waals surface area (Å²) in [5, 5.41) is 6.47. The number of aromatic nitrogens is 2. The lowest BCUT2D eigenvalue weighted by Crippen LogP contribution is -2.29. The van der Waals surface area contributed by atoms with Gasteiger partial charge in [0.2, 0.25) is 0 Å². The van der Waals surface area contributed by atoms with Crippen molar-refractivity contribution < 1.29 is 4.79 Å². The summed E-state index contributed by atoms with van der Waals surface area (Å²) in [5.74, 6) is 1.23. The van der Waals surface area contributed by atoms with Gasteiger partial charge in [-0.1, -0.05) is 49.1 Å². The van der Waals surface area contributed by atoms with Crippen LogP contribution in [0.2, 0.25) is 0 Å². The molecule has 3 rings (SSSR count). The van der Waals surface area contributed by atoms with Crippen molar-refractivity contribution >= 4 is 11.7 Å². The third kappa shape index (κ3) is 5.04. The molecule has 1 aromatic heterocycles. The van der Waals surface area contributed by atoms with Crippen molar-refractivity contribution in [2.75, 3.05) is 11.9 Å². The molecule has 1 fully saturated rings. The Balaban J connectivity index is 1.61. The van der Waals surface area contributed by atoms with Crippen LogP contribution in [-0.2, 0) is 6.42 Å². The lowest BCUT2D eigenvalue weighted by molar-refractivity contribution is 0.0954. The second-order valence-corrected chi connectivity index (χ2v) is 7.15. The van der Waals surface area contributed by atoms with Crippen LogP contribution in [-0.4, -0.2) is 28.5 Å². The Morgan fingerprint density at radius 3 is 2.58 bits per heavy atom. The van der Waals surface area contributed by atoms with Gasteiger partial charge in [0, 0.05) is 18.8 Å². The van der Waals surface area contributed by atoms with E-state index in [0.717, 1.165) is 19.3 Å². The fourth-order valence-electron chi connectivity index (χ4n) is 3.36. The van der Waals surface area contributed by atoms with E-state index in [2.05, 4.69) is 51.8 Å². The summed E-state index contributed by atoms with van der Waals surface area (Å²) in [5.41, 5.74) is 3.00. The zero-order valence-corrected chi connectivity index (χ0v) is 15.7. The summed E-state index contributed by atoms with van der Waals surface area (Å²) in [7, 11) is 0. The van der Waals surface area contributed by atoms with E-state index in [4.69, 9.17) is 0 Å². The Labute approximate surface area is 155 Å². The predicted octanol–water partition coefficient (Wildman–Crippen LogP) is 3.81. The fourth-order valence-corrected chi connectivity index (χ4v) is 3.36. The first-order valence-electron chi connectivity index (χ1n) is 9.56. The van der Waals surface area contributed by atoms with Crippen molar-refractivity contribution in [1.82, 2.24) is 15.3 Å². The van der Waals surface area contributed by atoms with E-state index in [9.17, 15) is 4.79 Å². The van der Waals surface area contributed by atoms with Crippen LogP contribution in [0.3, 0.4) is 0 Å². The van der Waals surface area contributed by atoms with Crippen LogP contribution in [0.25, 0.3) is 0 Å². The van der Waals surface area contributed by atoms with Gasteiger partial charge in [-0.3, -0.25) is 4.79 Å². The van der Waals surface area contributed by atoms with Crippen LogP contribution in [0.4, 0.5) is 5.82 Å². The Morgan fingerprint density at radius 2 is 1.85 bits per heavy atom. The SMILES string of the molecule is Cc1ccc(CCNC(=O)c2cnc(C)nc2NC2CCCCC2)cc1. The number of carbonyl (C=O) groups is 1. The molecule has 0 radical (unpaired) electrons. The number of nitrogens with zero attached hydrogens (tertiary/aromatic N) is 2. The second-order valence-electron chi connectivity index (χ2n) is 7.15. The van der Waals surface area contributed by atoms with E-state index < -0.39 is 0 Å². The highest BCUT2D eigenvalue weighted by Crippen LogP contribution is 2.22. The topological polar surface area (TPSA) is 66.9 Å². The summed E-state index contributed by atoms with van der Waals surface area (Å²) >= 11 is 0. The minimum absolute atomic E-state index is 0.115. The van der Waals surface area contributed by atoms with Crippen molar-refractivity contribution in [1.29, 1.82) is 0 Å². The molecular weight excluding hydrogens is 324 g/mol. The van der Waals surface area contributed by atoms with Gasteiger partial charge in [-0.2, -0.15) is 0 Å². The smallest absolute Gasteiger partial charge is 0.256 e. The van der Waals surface area contributed by atoms with Crippen molar-refractivity contribution in [2.45, 2.75) is 58.4 Å². The molecule has 0 saturated heterocycles. The molecule has 1 saturated carbocycles. The van der Waals surface area contributed by atoms with Crippen LogP contribution in [0.1, 0.15) is 59.4 Å². The first-order chi connectivity index (χ1) is 12.6. The third-order valence-electron chi connectivity index (χ3n) is 4.92. The molecule has 1 amide bonds. The van der Waals surface area contributed by atoms with Crippen molar-refractivity contribution in [3.8, 4) is 0 Å². The molecule has 2 aromatic rings. The van der Waals surface area contributed by atoms with Gasteiger partial charge in [-0.25, -0.2) is 9.97 Å². The molecule has 5 heteroatoms. The number of aryl methyl sites for hydroxylation is 2. The van der Waals surface area contributed by atoms with Gasteiger partial charge in [0.25, 0.3) is 5.91 Å². The van der Waals surface area contributed by atoms with E-state index in [0.29, 0.717) is 29.8 Å². The largest absolute Gasteiger partial charge is 0.367 e. The van der Waals surface area contributed by atoms with Crippen LogP contribution < -0.4 is 10.6 Å². The molecule has 2 N–H and O–H groups in total. The molecule has 1 heterocycles. The summed E-state index contributed by atoms with van der Waals surface area (Å²) in [6.07, 6.45) is 8.49. The minimum Gasteiger partial charge on any atom is -0.367 e. The van der Waals surface area contributed by atoms with Gasteiger partial charge in [0.15, 0.2) is 0 Å². The highest BCUT2D eigenvalue weighted by atomic mass is 16.1. The van der Waals surface area contributed by atoms with Crippen molar-refractivity contribution in [3.05, 3.63) is 53.0 Å². The molecule has 0 spiro atoms. The van der Waals surface area contributed by atoms with Gasteiger partial charge < -0.3 is 10.6 Å². The molecule has 0 aliphatic heterocycles. The lowest BCUT2D eigenvalue weighted by Gasteiger charge is -2.24. The second kappa shape index (κ2) is 8.79. The Kier molecular flexibility index (Phi) is 6.21. The molecular formula is C21H28N4O. The molecule has 1 aliphatic carbocycles. The molecule has 5 nitrogen and oxygen atoms in total. The third-order valence-corrected chi connectivity index (χ3v) is 4.92. The molecule has 0 unspecified atom stereocenters. The number of hydrogen-bond acceptors (Lipinski definition) is 4. The van der Waals surface area contributed by atoms with Gasteiger partial charge in [0.1, 0.15) is 17.2 Å². The predicted molar refractivity (Wildman–Crippen MR) is 104 cm³/mol. The van der Waals surface area contributed by atoms with E-state index in [-0.39, 0.29) is 5.91 Å². The first kappa shape index (κ1) is 18.4. The number of amides is 1. The molecule has 26 heavy (non-hydrogen) atoms. The Morgan fingerprint density at radius 1 is 1.12 bits per heavy atom. The highest BCUT2D eigenvalue weighted by molar-refractivity contribution is 5.98. The number of rotatable bonds is 6. The minimum atomic E-state index is -0.115. The highest BCUT2D eigenvalue weighted by Gasteiger charge is 2.19. The van der Waals surface area contributed by atoms with Crippen LogP contribution >= 0.6 is 0 Å². The average Bonchev–Trinajstić information content (AvgIpc) is 2.64. The van der Waals surface area contributed by atoms with Crippen LogP contribution in [0, 0.1) is 13.8 Å². The lowest BCUT2D eigenvalue weighted by atomic mass is 9.95. The maximum atomic E-state index is 12.6. The monoisotopic (exact) mass is 352 g/mol. The number of nitrogens with one attached hydrogen (secondary N) is 2. The summed E-state index contributed by atoms with van der Waals surface area (Å²) in [6, 6.07) is 8.80. The summed E-state index contributed by atoms with van der Waals surface area (Å²) < 4.78 is 0. The van der Waals surface area contributed by atoms with Gasteiger partial charge >= 0.3 is 0 Å². The van der Waals surface area contributed by atoms with Gasteiger partial charge in [-0.05, 0) is 38.7 Å². The van der Waals surface area contributed by atoms with Gasteiger partial charge in [-0.15, -0.1) is 0 Å². The molecule has 0 atom stereocenters. The van der Waals surface area contributed by atoms with E-state index >= 15 is 0 Å². The maximum absolute atomic E-state index is 12.6. The summed E-state index contributed by atoms with van der Waals surface area (Å²) in [4.78, 5) is 21.3. The normalized spacial score (nSPS) is 14.8. The quantitative estimate of drug-likeness (QED) is 0.829. The Bertz CT molecular complexity index is 736. The maximum Gasteiger partial charge on any atom is 0.256 e. The summed E-state index contributed by atoms with van der Waals surface area (Å²) in [6.45, 7) is 4.52. The first-order valence-corrected chi connectivity index (χ1v) is 9.56.